The molecule has 0 fully saturated rings. The highest BCUT2D eigenvalue weighted by Crippen LogP contribution is 2.19. The van der Waals surface area contributed by atoms with Crippen LogP contribution in [0.25, 0.3) is 0 Å². The lowest BCUT2D eigenvalue weighted by Crippen LogP contribution is -2.30. The maximum Gasteiger partial charge on any atom is 0.306 e. The molecule has 0 saturated heterocycles. The average Bonchev–Trinajstić information content (AvgIpc) is 3.32. The molecule has 1 atom stereocenters. The second-order valence-corrected chi connectivity index (χ2v) is 22.6. The number of ether oxygens (including phenoxy) is 3. The molecule has 0 aromatic carbocycles. The molecule has 0 aliphatic rings. The Morgan fingerprint density at radius 3 is 0.710 bits per heavy atom. The second-order valence-electron chi connectivity index (χ2n) is 22.6. The second kappa shape index (κ2) is 55.7. The SMILES string of the molecule is CCCCCCCCCCCCCCCCCCCC(=O)O[C@@H](COC(=O)CCCCCCCCCCCCCCCCCCC(C)C)COC(=O)CCCCCCCCCCCCCCC(C)C. The number of rotatable bonds is 57. The molecule has 0 amide bonds. The summed E-state index contributed by atoms with van der Waals surface area (Å²) in [6.45, 7) is 11.4. The van der Waals surface area contributed by atoms with E-state index in [-0.39, 0.29) is 31.1 Å². The Morgan fingerprint density at radius 2 is 0.478 bits per heavy atom. The van der Waals surface area contributed by atoms with Crippen molar-refractivity contribution in [1.82, 2.24) is 0 Å². The molecule has 0 bridgehead atoms. The predicted molar refractivity (Wildman–Crippen MR) is 298 cm³/mol. The number of esters is 3. The van der Waals surface area contributed by atoms with Gasteiger partial charge in [-0.25, -0.2) is 0 Å². The Kier molecular flexibility index (Phi) is 54.4. The molecule has 410 valence electrons. The van der Waals surface area contributed by atoms with Gasteiger partial charge in [-0.1, -0.05) is 317 Å². The summed E-state index contributed by atoms with van der Waals surface area (Å²) in [7, 11) is 0. The average molecular weight is 976 g/mol. The Morgan fingerprint density at radius 1 is 0.275 bits per heavy atom. The molecule has 0 aromatic heterocycles. The van der Waals surface area contributed by atoms with E-state index < -0.39 is 6.10 Å². The molecule has 0 saturated carbocycles. The minimum absolute atomic E-state index is 0.0620. The molecule has 0 radical (unpaired) electrons. The van der Waals surface area contributed by atoms with E-state index in [1.165, 1.54) is 244 Å². The van der Waals surface area contributed by atoms with E-state index >= 15 is 0 Å². The standard InChI is InChI=1S/C63H122O6/c1-6-7-8-9-10-11-12-13-14-15-20-23-30-35-40-45-50-55-63(66)69-60(57-68-62(65)54-49-44-39-34-29-25-24-27-32-37-42-47-52-59(4)5)56-67-61(64)53-48-43-38-33-28-22-19-17-16-18-21-26-31-36-41-46-51-58(2)3/h58-60H,6-57H2,1-5H3/t60-/m0/s1. The zero-order valence-corrected chi connectivity index (χ0v) is 47.5. The number of hydrogen-bond donors (Lipinski definition) is 0. The molecular weight excluding hydrogens is 853 g/mol. The number of unbranched alkanes of at least 4 members (excludes halogenated alkanes) is 42. The lowest BCUT2D eigenvalue weighted by atomic mass is 10.0. The summed E-state index contributed by atoms with van der Waals surface area (Å²) in [6.07, 6.45) is 61.0. The minimum Gasteiger partial charge on any atom is -0.462 e. The molecule has 0 spiro atoms. The van der Waals surface area contributed by atoms with Crippen LogP contribution in [-0.4, -0.2) is 37.2 Å². The fourth-order valence-electron chi connectivity index (χ4n) is 9.76. The minimum atomic E-state index is -0.763. The lowest BCUT2D eigenvalue weighted by molar-refractivity contribution is -0.167. The van der Waals surface area contributed by atoms with Gasteiger partial charge in [0, 0.05) is 19.3 Å². The van der Waals surface area contributed by atoms with Crippen LogP contribution in [0.4, 0.5) is 0 Å². The summed E-state index contributed by atoms with van der Waals surface area (Å²) in [5, 5.41) is 0. The topological polar surface area (TPSA) is 78.9 Å². The fraction of sp³-hybridized carbons (Fsp3) is 0.952. The van der Waals surface area contributed by atoms with Crippen molar-refractivity contribution in [3.05, 3.63) is 0 Å². The van der Waals surface area contributed by atoms with Gasteiger partial charge in [-0.15, -0.1) is 0 Å². The van der Waals surface area contributed by atoms with Crippen LogP contribution in [-0.2, 0) is 28.6 Å². The van der Waals surface area contributed by atoms with Gasteiger partial charge in [-0.2, -0.15) is 0 Å². The number of carbonyl (C=O) groups excluding carboxylic acids is 3. The molecule has 0 aliphatic heterocycles. The van der Waals surface area contributed by atoms with Crippen LogP contribution in [0.1, 0.15) is 356 Å². The molecule has 0 aliphatic carbocycles. The third-order valence-electron chi connectivity index (χ3n) is 14.5. The summed E-state index contributed by atoms with van der Waals surface area (Å²) in [4.78, 5) is 38.3. The summed E-state index contributed by atoms with van der Waals surface area (Å²) < 4.78 is 16.9. The van der Waals surface area contributed by atoms with Crippen LogP contribution in [0.5, 0.6) is 0 Å². The first-order valence-corrected chi connectivity index (χ1v) is 31.2. The van der Waals surface area contributed by atoms with Crippen LogP contribution >= 0.6 is 0 Å². The van der Waals surface area contributed by atoms with Gasteiger partial charge in [0.1, 0.15) is 13.2 Å². The van der Waals surface area contributed by atoms with Crippen molar-refractivity contribution in [1.29, 1.82) is 0 Å². The highest BCUT2D eigenvalue weighted by Gasteiger charge is 2.19. The summed E-state index contributed by atoms with van der Waals surface area (Å²) in [5.41, 5.74) is 0. The molecule has 0 rings (SSSR count). The summed E-state index contributed by atoms with van der Waals surface area (Å²) in [5.74, 6) is 0.854. The molecular formula is C63H122O6. The van der Waals surface area contributed by atoms with Gasteiger partial charge in [0.25, 0.3) is 0 Å². The number of hydrogen-bond acceptors (Lipinski definition) is 6. The third-order valence-corrected chi connectivity index (χ3v) is 14.5. The van der Waals surface area contributed by atoms with Gasteiger partial charge < -0.3 is 14.2 Å². The zero-order valence-electron chi connectivity index (χ0n) is 47.5. The molecule has 0 heterocycles. The Hall–Kier alpha value is -1.59. The van der Waals surface area contributed by atoms with Crippen LogP contribution < -0.4 is 0 Å². The van der Waals surface area contributed by atoms with Gasteiger partial charge in [-0.05, 0) is 31.1 Å². The molecule has 69 heavy (non-hydrogen) atoms. The highest BCUT2D eigenvalue weighted by atomic mass is 16.6. The Bertz CT molecular complexity index is 1060. The maximum absolute atomic E-state index is 12.9. The van der Waals surface area contributed by atoms with E-state index in [1.54, 1.807) is 0 Å². The van der Waals surface area contributed by atoms with Gasteiger partial charge in [0.05, 0.1) is 0 Å². The lowest BCUT2D eigenvalue weighted by Gasteiger charge is -2.18. The summed E-state index contributed by atoms with van der Waals surface area (Å²) >= 11 is 0. The maximum atomic E-state index is 12.9. The molecule has 6 nitrogen and oxygen atoms in total. The van der Waals surface area contributed by atoms with Crippen molar-refractivity contribution in [2.75, 3.05) is 13.2 Å². The van der Waals surface area contributed by atoms with Crippen molar-refractivity contribution < 1.29 is 28.6 Å². The largest absolute Gasteiger partial charge is 0.462 e. The Labute approximate surface area is 431 Å². The molecule has 6 heteroatoms. The van der Waals surface area contributed by atoms with Crippen molar-refractivity contribution >= 4 is 17.9 Å². The van der Waals surface area contributed by atoms with Crippen LogP contribution in [0, 0.1) is 11.8 Å². The highest BCUT2D eigenvalue weighted by molar-refractivity contribution is 5.71. The molecule has 0 aromatic rings. The van der Waals surface area contributed by atoms with E-state index in [4.69, 9.17) is 14.2 Å². The molecule has 0 unspecified atom stereocenters. The first-order chi connectivity index (χ1) is 33.7. The quantitative estimate of drug-likeness (QED) is 0.0343. The van der Waals surface area contributed by atoms with Gasteiger partial charge in [0.2, 0.25) is 0 Å². The number of carbonyl (C=O) groups is 3. The van der Waals surface area contributed by atoms with E-state index in [0.29, 0.717) is 19.3 Å². The van der Waals surface area contributed by atoms with Crippen LogP contribution in [0.15, 0.2) is 0 Å². The van der Waals surface area contributed by atoms with E-state index in [9.17, 15) is 14.4 Å². The fourth-order valence-corrected chi connectivity index (χ4v) is 9.76. The predicted octanol–water partition coefficient (Wildman–Crippen LogP) is 20.8. The van der Waals surface area contributed by atoms with Crippen molar-refractivity contribution in [3.63, 3.8) is 0 Å². The smallest absolute Gasteiger partial charge is 0.306 e. The van der Waals surface area contributed by atoms with Crippen molar-refractivity contribution in [2.45, 2.75) is 362 Å². The third kappa shape index (κ3) is 57.2. The van der Waals surface area contributed by atoms with Crippen LogP contribution in [0.2, 0.25) is 0 Å². The monoisotopic (exact) mass is 975 g/mol. The normalized spacial score (nSPS) is 12.0. The van der Waals surface area contributed by atoms with E-state index in [2.05, 4.69) is 34.6 Å². The van der Waals surface area contributed by atoms with Gasteiger partial charge in [-0.3, -0.25) is 14.4 Å². The van der Waals surface area contributed by atoms with Gasteiger partial charge >= 0.3 is 17.9 Å². The Balaban J connectivity index is 4.28. The van der Waals surface area contributed by atoms with Gasteiger partial charge in [0.15, 0.2) is 6.10 Å². The van der Waals surface area contributed by atoms with E-state index in [1.807, 2.05) is 0 Å². The van der Waals surface area contributed by atoms with E-state index in [0.717, 1.165) is 69.6 Å². The van der Waals surface area contributed by atoms with Crippen molar-refractivity contribution in [2.24, 2.45) is 11.8 Å². The first kappa shape index (κ1) is 67.4. The zero-order chi connectivity index (χ0) is 50.4. The first-order valence-electron chi connectivity index (χ1n) is 31.2. The van der Waals surface area contributed by atoms with Crippen molar-refractivity contribution in [3.8, 4) is 0 Å². The van der Waals surface area contributed by atoms with Crippen LogP contribution in [0.3, 0.4) is 0 Å². The molecule has 0 N–H and O–H groups in total. The summed E-state index contributed by atoms with van der Waals surface area (Å²) in [6, 6.07) is 0.